The Balaban J connectivity index is 2.69. The predicted octanol–water partition coefficient (Wildman–Crippen LogP) is 3.51. The minimum Gasteiger partial charge on any atom is -0.471 e. The van der Waals surface area contributed by atoms with Gasteiger partial charge in [-0.05, 0) is 45.0 Å². The third-order valence-electron chi connectivity index (χ3n) is 4.72. The molecule has 1 aliphatic rings. The maximum absolute atomic E-state index is 13.3. The van der Waals surface area contributed by atoms with E-state index in [2.05, 4.69) is 6.58 Å². The van der Waals surface area contributed by atoms with Gasteiger partial charge in [0.15, 0.2) is 0 Å². The molecule has 0 N–H and O–H groups in total. The molecule has 0 spiro atoms. The van der Waals surface area contributed by atoms with E-state index in [0.29, 0.717) is 5.69 Å². The summed E-state index contributed by atoms with van der Waals surface area (Å²) in [5.74, 6) is -1.32. The summed E-state index contributed by atoms with van der Waals surface area (Å²) in [5, 5.41) is 0. The van der Waals surface area contributed by atoms with Crippen LogP contribution in [0.15, 0.2) is 30.9 Å². The molecule has 0 fully saturated rings. The van der Waals surface area contributed by atoms with E-state index < -0.39 is 34.5 Å². The first kappa shape index (κ1) is 22.5. The smallest absolute Gasteiger partial charge is 0.353 e. The molecule has 0 radical (unpaired) electrons. The van der Waals surface area contributed by atoms with E-state index in [0.717, 1.165) is 0 Å². The van der Waals surface area contributed by atoms with E-state index in [-0.39, 0.29) is 17.9 Å². The van der Waals surface area contributed by atoms with Crippen molar-refractivity contribution in [3.05, 3.63) is 36.4 Å². The molecule has 1 heterocycles. The number of ether oxygens (including phenoxy) is 3. The summed E-state index contributed by atoms with van der Waals surface area (Å²) in [6.07, 6.45) is 1.17. The number of hydrogen-bond donors (Lipinski definition) is 0. The van der Waals surface area contributed by atoms with Crippen molar-refractivity contribution in [2.24, 2.45) is 5.41 Å². The van der Waals surface area contributed by atoms with Crippen molar-refractivity contribution >= 4 is 23.5 Å². The van der Waals surface area contributed by atoms with Crippen molar-refractivity contribution in [1.29, 1.82) is 0 Å². The second-order valence-corrected chi connectivity index (χ2v) is 8.98. The van der Waals surface area contributed by atoms with Crippen molar-refractivity contribution in [3.8, 4) is 5.75 Å². The molecule has 1 amide bonds. The van der Waals surface area contributed by atoms with Gasteiger partial charge in [-0.25, -0.2) is 9.59 Å². The summed E-state index contributed by atoms with van der Waals surface area (Å²) in [5.41, 5.74) is -2.31. The number of benzene rings is 1. The number of hydrogen-bond acceptors (Lipinski definition) is 6. The second-order valence-electron chi connectivity index (χ2n) is 8.98. The molecule has 0 saturated carbocycles. The molecule has 0 saturated heterocycles. The Hall–Kier alpha value is -2.83. The Morgan fingerprint density at radius 3 is 2.28 bits per heavy atom. The number of esters is 2. The van der Waals surface area contributed by atoms with Gasteiger partial charge in [0.2, 0.25) is 5.60 Å². The summed E-state index contributed by atoms with van der Waals surface area (Å²) < 4.78 is 16.7. The van der Waals surface area contributed by atoms with Crippen molar-refractivity contribution in [2.45, 2.75) is 52.7 Å². The first-order valence-electron chi connectivity index (χ1n) is 9.34. The van der Waals surface area contributed by atoms with Crippen LogP contribution in [0.2, 0.25) is 0 Å². The molecule has 1 aromatic carbocycles. The monoisotopic (exact) mass is 403 g/mol. The number of carbonyl (C=O) groups is 3. The third-order valence-corrected chi connectivity index (χ3v) is 4.72. The van der Waals surface area contributed by atoms with Crippen molar-refractivity contribution < 1.29 is 28.6 Å². The van der Waals surface area contributed by atoms with E-state index in [1.54, 1.807) is 26.8 Å². The first-order chi connectivity index (χ1) is 13.3. The van der Waals surface area contributed by atoms with E-state index in [4.69, 9.17) is 14.2 Å². The standard InChI is InChI=1S/C22H29NO6/c1-9-17(24)23-13-22(20(2,3)4,19(26)29-21(5,6)7)28-16-12-14(18(25)27-8)10-11-15(16)23/h9-12H,1,13H2,2-8H3. The molecular weight excluding hydrogens is 374 g/mol. The molecule has 7 nitrogen and oxygen atoms in total. The van der Waals surface area contributed by atoms with Gasteiger partial charge in [-0.3, -0.25) is 4.79 Å². The second kappa shape index (κ2) is 7.54. The molecule has 1 aliphatic heterocycles. The third kappa shape index (κ3) is 4.28. The van der Waals surface area contributed by atoms with Gasteiger partial charge >= 0.3 is 11.9 Å². The molecule has 2 rings (SSSR count). The zero-order chi connectivity index (χ0) is 22.2. The first-order valence-corrected chi connectivity index (χ1v) is 9.34. The fourth-order valence-electron chi connectivity index (χ4n) is 3.06. The minimum absolute atomic E-state index is 0.0547. The zero-order valence-electron chi connectivity index (χ0n) is 18.1. The van der Waals surface area contributed by atoms with Crippen LogP contribution in [0.5, 0.6) is 5.75 Å². The van der Waals surface area contributed by atoms with Crippen molar-refractivity contribution in [3.63, 3.8) is 0 Å². The molecule has 1 unspecified atom stereocenters. The van der Waals surface area contributed by atoms with Crippen LogP contribution in [0.3, 0.4) is 0 Å². The topological polar surface area (TPSA) is 82.1 Å². The highest BCUT2D eigenvalue weighted by Gasteiger charge is 2.57. The molecule has 0 aliphatic carbocycles. The number of carbonyl (C=O) groups excluding carboxylic acids is 3. The normalized spacial score (nSPS) is 18.9. The quantitative estimate of drug-likeness (QED) is 0.567. The molecule has 0 aromatic heterocycles. The fraction of sp³-hybridized carbons (Fsp3) is 0.500. The van der Waals surface area contributed by atoms with Crippen molar-refractivity contribution in [2.75, 3.05) is 18.6 Å². The summed E-state index contributed by atoms with van der Waals surface area (Å²) >= 11 is 0. The highest BCUT2D eigenvalue weighted by atomic mass is 16.6. The lowest BCUT2D eigenvalue weighted by Crippen LogP contribution is -2.65. The number of fused-ring (bicyclic) bond motifs is 1. The zero-order valence-corrected chi connectivity index (χ0v) is 18.1. The number of anilines is 1. The Labute approximate surface area is 171 Å². The van der Waals surface area contributed by atoms with Crippen LogP contribution in [-0.4, -0.2) is 42.7 Å². The van der Waals surface area contributed by atoms with Crippen LogP contribution in [0.1, 0.15) is 51.9 Å². The van der Waals surface area contributed by atoms with Gasteiger partial charge in [0.1, 0.15) is 11.4 Å². The maximum atomic E-state index is 13.3. The summed E-state index contributed by atoms with van der Waals surface area (Å²) in [7, 11) is 1.27. The summed E-state index contributed by atoms with van der Waals surface area (Å²) in [6, 6.07) is 4.59. The summed E-state index contributed by atoms with van der Waals surface area (Å²) in [4.78, 5) is 39.4. The van der Waals surface area contributed by atoms with E-state index in [9.17, 15) is 14.4 Å². The average molecular weight is 403 g/mol. The van der Waals surface area contributed by atoms with Gasteiger partial charge in [0.05, 0.1) is 24.9 Å². The molecule has 29 heavy (non-hydrogen) atoms. The lowest BCUT2D eigenvalue weighted by molar-refractivity contribution is -0.184. The SMILES string of the molecule is C=CC(=O)N1CC(C(=O)OC(C)(C)C)(C(C)(C)C)Oc2cc(C(=O)OC)ccc21. The van der Waals surface area contributed by atoms with E-state index in [1.807, 2.05) is 20.8 Å². The van der Waals surface area contributed by atoms with Gasteiger partial charge in [-0.2, -0.15) is 0 Å². The molecule has 1 atom stereocenters. The highest BCUT2D eigenvalue weighted by Crippen LogP contribution is 2.46. The number of amides is 1. The van der Waals surface area contributed by atoms with Crippen LogP contribution in [0, 0.1) is 5.41 Å². The Bertz CT molecular complexity index is 846. The fourth-order valence-corrected chi connectivity index (χ4v) is 3.06. The molecule has 0 bridgehead atoms. The lowest BCUT2D eigenvalue weighted by Gasteiger charge is -2.49. The summed E-state index contributed by atoms with van der Waals surface area (Å²) in [6.45, 7) is 14.3. The predicted molar refractivity (Wildman–Crippen MR) is 109 cm³/mol. The Morgan fingerprint density at radius 1 is 1.17 bits per heavy atom. The van der Waals surface area contributed by atoms with Gasteiger partial charge in [-0.1, -0.05) is 27.4 Å². The van der Waals surface area contributed by atoms with Crippen LogP contribution in [-0.2, 0) is 19.1 Å². The Kier molecular flexibility index (Phi) is 5.84. The number of methoxy groups -OCH3 is 1. The van der Waals surface area contributed by atoms with Gasteiger partial charge in [0, 0.05) is 5.41 Å². The number of nitrogens with zero attached hydrogens (tertiary/aromatic N) is 1. The number of rotatable bonds is 3. The van der Waals surface area contributed by atoms with Gasteiger partial charge in [-0.15, -0.1) is 0 Å². The molecular formula is C22H29NO6. The molecule has 7 heteroatoms. The van der Waals surface area contributed by atoms with Crippen molar-refractivity contribution in [1.82, 2.24) is 0 Å². The van der Waals surface area contributed by atoms with Gasteiger partial charge in [0.25, 0.3) is 5.91 Å². The van der Waals surface area contributed by atoms with Crippen LogP contribution in [0.4, 0.5) is 5.69 Å². The molecule has 1 aromatic rings. The lowest BCUT2D eigenvalue weighted by atomic mass is 9.74. The van der Waals surface area contributed by atoms with E-state index in [1.165, 1.54) is 30.2 Å². The van der Waals surface area contributed by atoms with Gasteiger partial charge < -0.3 is 19.1 Å². The van der Waals surface area contributed by atoms with Crippen LogP contribution in [0.25, 0.3) is 0 Å². The average Bonchev–Trinajstić information content (AvgIpc) is 2.62. The highest BCUT2D eigenvalue weighted by molar-refractivity contribution is 6.04. The van der Waals surface area contributed by atoms with E-state index >= 15 is 0 Å². The molecule has 158 valence electrons. The minimum atomic E-state index is -1.50. The van der Waals surface area contributed by atoms with Crippen LogP contribution < -0.4 is 9.64 Å². The maximum Gasteiger partial charge on any atom is 0.353 e. The largest absolute Gasteiger partial charge is 0.471 e. The Morgan fingerprint density at radius 2 is 1.79 bits per heavy atom. The van der Waals surface area contributed by atoms with Crippen LogP contribution >= 0.6 is 0 Å².